The molecule has 1 fully saturated rings. The number of fused-ring (bicyclic) bond motifs is 1. The summed E-state index contributed by atoms with van der Waals surface area (Å²) in [6, 6.07) is 9.36. The lowest BCUT2D eigenvalue weighted by molar-refractivity contribution is -0.128. The SMILES string of the molecule is O=C1CC(S(=O)(=O)F)CN1Cc1ccc2cccnc2c1. The number of aromatic nitrogens is 1. The number of carbonyl (C=O) groups is 1. The van der Waals surface area contributed by atoms with Crippen molar-refractivity contribution in [3.63, 3.8) is 0 Å². The summed E-state index contributed by atoms with van der Waals surface area (Å²) < 4.78 is 34.8. The molecule has 1 aliphatic rings. The van der Waals surface area contributed by atoms with E-state index in [0.717, 1.165) is 16.5 Å². The number of benzene rings is 1. The normalized spacial score (nSPS) is 19.4. The van der Waals surface area contributed by atoms with Crippen molar-refractivity contribution in [2.24, 2.45) is 0 Å². The molecule has 1 aromatic carbocycles. The lowest BCUT2D eigenvalue weighted by Crippen LogP contribution is -2.26. The maximum absolute atomic E-state index is 13.0. The highest BCUT2D eigenvalue weighted by Gasteiger charge is 2.38. The zero-order valence-electron chi connectivity index (χ0n) is 11.1. The minimum atomic E-state index is -4.67. The summed E-state index contributed by atoms with van der Waals surface area (Å²) >= 11 is 0. The fraction of sp³-hybridized carbons (Fsp3) is 0.286. The molecule has 0 saturated carbocycles. The summed E-state index contributed by atoms with van der Waals surface area (Å²) in [6.45, 7) is 0.162. The Labute approximate surface area is 121 Å². The van der Waals surface area contributed by atoms with Gasteiger partial charge in [0.1, 0.15) is 5.25 Å². The van der Waals surface area contributed by atoms with E-state index in [0.29, 0.717) is 0 Å². The number of pyridine rings is 1. The highest BCUT2D eigenvalue weighted by Crippen LogP contribution is 2.22. The Morgan fingerprint density at radius 1 is 1.33 bits per heavy atom. The van der Waals surface area contributed by atoms with Crippen LogP contribution in [0.1, 0.15) is 12.0 Å². The molecule has 1 unspecified atom stereocenters. The Hall–Kier alpha value is -2.02. The molecule has 0 N–H and O–H groups in total. The third-order valence-electron chi connectivity index (χ3n) is 3.62. The Morgan fingerprint density at radius 3 is 2.86 bits per heavy atom. The molecule has 3 rings (SSSR count). The van der Waals surface area contributed by atoms with Crippen molar-refractivity contribution in [1.82, 2.24) is 9.88 Å². The van der Waals surface area contributed by atoms with Crippen molar-refractivity contribution < 1.29 is 17.1 Å². The molecule has 0 bridgehead atoms. The van der Waals surface area contributed by atoms with Crippen molar-refractivity contribution in [2.75, 3.05) is 6.54 Å². The number of halogens is 1. The van der Waals surface area contributed by atoms with Crippen LogP contribution in [0.3, 0.4) is 0 Å². The summed E-state index contributed by atoms with van der Waals surface area (Å²) in [5.74, 6) is -0.345. The van der Waals surface area contributed by atoms with Gasteiger partial charge < -0.3 is 4.90 Å². The molecule has 2 heterocycles. The summed E-state index contributed by atoms with van der Waals surface area (Å²) in [4.78, 5) is 17.4. The second kappa shape index (κ2) is 5.07. The zero-order chi connectivity index (χ0) is 15.0. The average molecular weight is 308 g/mol. The van der Waals surface area contributed by atoms with E-state index >= 15 is 0 Å². The Kier molecular flexibility index (Phi) is 3.36. The fourth-order valence-corrected chi connectivity index (χ4v) is 3.21. The molecule has 1 aliphatic heterocycles. The molecule has 1 amide bonds. The first-order valence-corrected chi connectivity index (χ1v) is 7.93. The quantitative estimate of drug-likeness (QED) is 0.808. The van der Waals surface area contributed by atoms with Crippen molar-refractivity contribution in [3.8, 4) is 0 Å². The molecule has 0 aliphatic carbocycles. The van der Waals surface area contributed by atoms with Gasteiger partial charge in [-0.1, -0.05) is 18.2 Å². The maximum atomic E-state index is 13.0. The maximum Gasteiger partial charge on any atom is 0.307 e. The molecule has 110 valence electrons. The molecular formula is C14H13FN2O3S. The number of hydrogen-bond acceptors (Lipinski definition) is 4. The van der Waals surface area contributed by atoms with Crippen molar-refractivity contribution in [2.45, 2.75) is 18.2 Å². The van der Waals surface area contributed by atoms with Crippen LogP contribution in [0.5, 0.6) is 0 Å². The van der Waals surface area contributed by atoms with Crippen LogP contribution in [0.25, 0.3) is 10.9 Å². The fourth-order valence-electron chi connectivity index (χ4n) is 2.51. The molecule has 21 heavy (non-hydrogen) atoms. The Balaban J connectivity index is 1.81. The van der Waals surface area contributed by atoms with Gasteiger partial charge in [0, 0.05) is 31.1 Å². The van der Waals surface area contributed by atoms with E-state index in [-0.39, 0.29) is 25.4 Å². The highest BCUT2D eigenvalue weighted by atomic mass is 32.3. The van der Waals surface area contributed by atoms with Gasteiger partial charge in [0.2, 0.25) is 5.91 Å². The van der Waals surface area contributed by atoms with Crippen LogP contribution in [0, 0.1) is 0 Å². The second-order valence-electron chi connectivity index (χ2n) is 5.11. The van der Waals surface area contributed by atoms with Gasteiger partial charge in [-0.25, -0.2) is 0 Å². The Morgan fingerprint density at radius 2 is 2.14 bits per heavy atom. The number of likely N-dealkylation sites (tertiary alicyclic amines) is 1. The van der Waals surface area contributed by atoms with Crippen LogP contribution in [0.2, 0.25) is 0 Å². The number of hydrogen-bond donors (Lipinski definition) is 0. The average Bonchev–Trinajstić information content (AvgIpc) is 2.80. The lowest BCUT2D eigenvalue weighted by atomic mass is 10.1. The van der Waals surface area contributed by atoms with Crippen LogP contribution in [-0.2, 0) is 21.6 Å². The van der Waals surface area contributed by atoms with Crippen LogP contribution < -0.4 is 0 Å². The largest absolute Gasteiger partial charge is 0.337 e. The summed E-state index contributed by atoms with van der Waals surface area (Å²) in [5, 5.41) is -0.262. The summed E-state index contributed by atoms with van der Waals surface area (Å²) in [6.07, 6.45) is 1.39. The van der Waals surface area contributed by atoms with Crippen molar-refractivity contribution in [3.05, 3.63) is 42.1 Å². The first-order valence-electron chi connectivity index (χ1n) is 6.48. The number of rotatable bonds is 3. The highest BCUT2D eigenvalue weighted by molar-refractivity contribution is 7.87. The van der Waals surface area contributed by atoms with Gasteiger partial charge in [-0.2, -0.15) is 8.42 Å². The van der Waals surface area contributed by atoms with Gasteiger partial charge in [-0.15, -0.1) is 3.89 Å². The number of amides is 1. The van der Waals surface area contributed by atoms with Gasteiger partial charge in [-0.3, -0.25) is 9.78 Å². The molecule has 1 aromatic heterocycles. The van der Waals surface area contributed by atoms with Gasteiger partial charge in [0.05, 0.1) is 5.52 Å². The predicted octanol–water partition coefficient (Wildman–Crippen LogP) is 1.64. The summed E-state index contributed by atoms with van der Waals surface area (Å²) in [7, 11) is -4.67. The monoisotopic (exact) mass is 308 g/mol. The van der Waals surface area contributed by atoms with E-state index in [9.17, 15) is 17.1 Å². The van der Waals surface area contributed by atoms with Crippen molar-refractivity contribution >= 4 is 27.0 Å². The topological polar surface area (TPSA) is 67.3 Å². The van der Waals surface area contributed by atoms with E-state index in [1.54, 1.807) is 6.20 Å². The van der Waals surface area contributed by atoms with E-state index in [1.807, 2.05) is 30.3 Å². The first kappa shape index (κ1) is 13.9. The minimum absolute atomic E-state index is 0.0993. The molecule has 0 spiro atoms. The smallest absolute Gasteiger partial charge is 0.307 e. The number of nitrogens with zero attached hydrogens (tertiary/aromatic N) is 2. The molecule has 1 atom stereocenters. The lowest BCUT2D eigenvalue weighted by Gasteiger charge is -2.16. The third kappa shape index (κ3) is 2.87. The van der Waals surface area contributed by atoms with Crippen LogP contribution in [-0.4, -0.2) is 36.0 Å². The van der Waals surface area contributed by atoms with Gasteiger partial charge in [-0.05, 0) is 17.7 Å². The second-order valence-corrected chi connectivity index (χ2v) is 6.72. The standard InChI is InChI=1S/C14H13FN2O3S/c15-21(19,20)12-7-14(18)17(9-12)8-10-3-4-11-2-1-5-16-13(11)6-10/h1-6,12H,7-9H2. The number of carbonyl (C=O) groups excluding carboxylic acids is 1. The van der Waals surface area contributed by atoms with Gasteiger partial charge in [0.25, 0.3) is 0 Å². The van der Waals surface area contributed by atoms with Gasteiger partial charge >= 0.3 is 10.2 Å². The molecule has 1 saturated heterocycles. The van der Waals surface area contributed by atoms with Crippen LogP contribution in [0.4, 0.5) is 3.89 Å². The first-order chi connectivity index (χ1) is 9.93. The Bertz CT molecular complexity index is 807. The van der Waals surface area contributed by atoms with Crippen LogP contribution in [0.15, 0.2) is 36.5 Å². The van der Waals surface area contributed by atoms with Crippen molar-refractivity contribution in [1.29, 1.82) is 0 Å². The van der Waals surface area contributed by atoms with E-state index in [1.165, 1.54) is 4.90 Å². The minimum Gasteiger partial charge on any atom is -0.337 e. The zero-order valence-corrected chi connectivity index (χ0v) is 11.9. The van der Waals surface area contributed by atoms with E-state index < -0.39 is 15.5 Å². The summed E-state index contributed by atoms with van der Waals surface area (Å²) in [5.41, 5.74) is 1.64. The van der Waals surface area contributed by atoms with Crippen LogP contribution >= 0.6 is 0 Å². The van der Waals surface area contributed by atoms with E-state index in [4.69, 9.17) is 0 Å². The molecule has 0 radical (unpaired) electrons. The van der Waals surface area contributed by atoms with Gasteiger partial charge in [0.15, 0.2) is 0 Å². The molecule has 2 aromatic rings. The molecule has 7 heteroatoms. The molecule has 5 nitrogen and oxygen atoms in total. The third-order valence-corrected chi connectivity index (χ3v) is 4.73. The van der Waals surface area contributed by atoms with E-state index in [2.05, 4.69) is 4.98 Å². The predicted molar refractivity (Wildman–Crippen MR) is 75.6 cm³/mol. The molecular weight excluding hydrogens is 295 g/mol.